The number of nitrogens with zero attached hydrogens (tertiary/aromatic N) is 2. The molecular formula is C23H21N3O4S. The molecular weight excluding hydrogens is 414 g/mol. The minimum atomic E-state index is -0.997. The highest BCUT2D eigenvalue weighted by atomic mass is 32.1. The first-order valence-corrected chi connectivity index (χ1v) is 10.9. The predicted octanol–water partition coefficient (Wildman–Crippen LogP) is 4.30. The van der Waals surface area contributed by atoms with Gasteiger partial charge in [-0.05, 0) is 35.7 Å². The number of benzene rings is 2. The SMILES string of the molecule is O=C(O)c1csc(CN(CCc2c[nH]c3ccccc23)Cc2ccc3c(c2)OCO3)n1. The van der Waals surface area contributed by atoms with Crippen LogP contribution in [-0.2, 0) is 19.5 Å². The van der Waals surface area contributed by atoms with Crippen LogP contribution in [0, 0.1) is 0 Å². The lowest BCUT2D eigenvalue weighted by Crippen LogP contribution is -2.25. The van der Waals surface area contributed by atoms with Gasteiger partial charge in [0.15, 0.2) is 17.2 Å². The van der Waals surface area contributed by atoms with Crippen molar-refractivity contribution >= 4 is 28.2 Å². The summed E-state index contributed by atoms with van der Waals surface area (Å²) >= 11 is 1.38. The molecule has 1 aliphatic heterocycles. The molecule has 0 aliphatic carbocycles. The van der Waals surface area contributed by atoms with Crippen molar-refractivity contribution in [3.63, 3.8) is 0 Å². The maximum atomic E-state index is 11.2. The number of fused-ring (bicyclic) bond motifs is 2. The van der Waals surface area contributed by atoms with Crippen molar-refractivity contribution in [1.82, 2.24) is 14.9 Å². The van der Waals surface area contributed by atoms with E-state index in [0.29, 0.717) is 13.1 Å². The lowest BCUT2D eigenvalue weighted by Gasteiger charge is -2.21. The Labute approximate surface area is 182 Å². The Bertz CT molecular complexity index is 1230. The molecule has 0 unspecified atom stereocenters. The number of ether oxygens (including phenoxy) is 2. The van der Waals surface area contributed by atoms with Crippen LogP contribution < -0.4 is 9.47 Å². The van der Waals surface area contributed by atoms with Crippen LogP contribution in [0.15, 0.2) is 54.0 Å². The quantitative estimate of drug-likeness (QED) is 0.429. The van der Waals surface area contributed by atoms with E-state index in [1.165, 1.54) is 22.3 Å². The summed E-state index contributed by atoms with van der Waals surface area (Å²) in [5.41, 5.74) is 3.60. The van der Waals surface area contributed by atoms with Gasteiger partial charge in [-0.1, -0.05) is 24.3 Å². The molecule has 0 spiro atoms. The molecule has 158 valence electrons. The Morgan fingerprint density at radius 2 is 2.03 bits per heavy atom. The van der Waals surface area contributed by atoms with Gasteiger partial charge < -0.3 is 19.6 Å². The number of carbonyl (C=O) groups is 1. The van der Waals surface area contributed by atoms with Gasteiger partial charge in [-0.25, -0.2) is 9.78 Å². The topological polar surface area (TPSA) is 87.7 Å². The number of para-hydroxylation sites is 1. The van der Waals surface area contributed by atoms with Crippen LogP contribution in [0.2, 0.25) is 0 Å². The summed E-state index contributed by atoms with van der Waals surface area (Å²) in [6.45, 7) is 2.33. The van der Waals surface area contributed by atoms with E-state index >= 15 is 0 Å². The van der Waals surface area contributed by atoms with Gasteiger partial charge in [0, 0.05) is 35.6 Å². The molecule has 0 fully saturated rings. The number of H-pyrrole nitrogens is 1. The molecule has 7 nitrogen and oxygen atoms in total. The second kappa shape index (κ2) is 8.41. The highest BCUT2D eigenvalue weighted by Crippen LogP contribution is 2.33. The van der Waals surface area contributed by atoms with Crippen LogP contribution in [0.5, 0.6) is 11.5 Å². The Kier molecular flexibility index (Phi) is 5.31. The highest BCUT2D eigenvalue weighted by Gasteiger charge is 2.17. The monoisotopic (exact) mass is 435 g/mol. The number of hydrogen-bond donors (Lipinski definition) is 2. The van der Waals surface area contributed by atoms with Crippen LogP contribution in [0.3, 0.4) is 0 Å². The summed E-state index contributed by atoms with van der Waals surface area (Å²) in [5, 5.41) is 12.8. The molecule has 0 saturated carbocycles. The Morgan fingerprint density at radius 3 is 2.90 bits per heavy atom. The van der Waals surface area contributed by atoms with Crippen molar-refractivity contribution in [1.29, 1.82) is 0 Å². The minimum Gasteiger partial charge on any atom is -0.476 e. The average molecular weight is 436 g/mol. The number of aromatic amines is 1. The number of aromatic carboxylic acids is 1. The smallest absolute Gasteiger partial charge is 0.355 e. The summed E-state index contributed by atoms with van der Waals surface area (Å²) in [6, 6.07) is 14.3. The first-order chi connectivity index (χ1) is 15.2. The molecule has 0 bridgehead atoms. The van der Waals surface area contributed by atoms with E-state index in [-0.39, 0.29) is 12.5 Å². The van der Waals surface area contributed by atoms with Crippen molar-refractivity contribution < 1.29 is 19.4 Å². The fraction of sp³-hybridized carbons (Fsp3) is 0.217. The van der Waals surface area contributed by atoms with E-state index in [0.717, 1.165) is 40.6 Å². The molecule has 0 radical (unpaired) electrons. The Hall–Kier alpha value is -3.36. The summed E-state index contributed by atoms with van der Waals surface area (Å²) < 4.78 is 10.9. The van der Waals surface area contributed by atoms with Crippen molar-refractivity contribution in [3.05, 3.63) is 75.9 Å². The molecule has 2 N–H and O–H groups in total. The maximum absolute atomic E-state index is 11.2. The molecule has 4 aromatic rings. The van der Waals surface area contributed by atoms with Gasteiger partial charge in [-0.15, -0.1) is 11.3 Å². The average Bonchev–Trinajstić information content (AvgIpc) is 3.51. The van der Waals surface area contributed by atoms with Gasteiger partial charge in [-0.3, -0.25) is 4.90 Å². The molecule has 2 aromatic heterocycles. The van der Waals surface area contributed by atoms with E-state index in [4.69, 9.17) is 9.47 Å². The number of rotatable bonds is 8. The lowest BCUT2D eigenvalue weighted by molar-refractivity contribution is 0.0691. The summed E-state index contributed by atoms with van der Waals surface area (Å²) in [6.07, 6.45) is 2.93. The molecule has 0 atom stereocenters. The number of carboxylic acid groups (broad SMARTS) is 1. The maximum Gasteiger partial charge on any atom is 0.355 e. The van der Waals surface area contributed by atoms with E-state index in [2.05, 4.69) is 33.2 Å². The number of aromatic nitrogens is 2. The van der Waals surface area contributed by atoms with Crippen LogP contribution in [0.25, 0.3) is 10.9 Å². The Balaban J connectivity index is 1.35. The van der Waals surface area contributed by atoms with Crippen molar-refractivity contribution in [2.45, 2.75) is 19.5 Å². The van der Waals surface area contributed by atoms with Crippen LogP contribution >= 0.6 is 11.3 Å². The third-order valence-electron chi connectivity index (χ3n) is 5.35. The Morgan fingerprint density at radius 1 is 1.16 bits per heavy atom. The number of hydrogen-bond acceptors (Lipinski definition) is 6. The highest BCUT2D eigenvalue weighted by molar-refractivity contribution is 7.09. The van der Waals surface area contributed by atoms with E-state index in [1.807, 2.05) is 30.3 Å². The third-order valence-corrected chi connectivity index (χ3v) is 6.18. The molecule has 2 aromatic carbocycles. The van der Waals surface area contributed by atoms with Crippen molar-refractivity contribution in [2.75, 3.05) is 13.3 Å². The van der Waals surface area contributed by atoms with Crippen molar-refractivity contribution in [2.24, 2.45) is 0 Å². The second-order valence-electron chi connectivity index (χ2n) is 7.44. The molecule has 3 heterocycles. The second-order valence-corrected chi connectivity index (χ2v) is 8.38. The van der Waals surface area contributed by atoms with E-state index in [1.54, 1.807) is 5.38 Å². The zero-order valence-electron chi connectivity index (χ0n) is 16.7. The fourth-order valence-corrected chi connectivity index (χ4v) is 4.61. The normalized spacial score (nSPS) is 12.7. The van der Waals surface area contributed by atoms with E-state index in [9.17, 15) is 9.90 Å². The first-order valence-electron chi connectivity index (χ1n) is 9.99. The van der Waals surface area contributed by atoms with Crippen LogP contribution in [-0.4, -0.2) is 39.3 Å². The van der Waals surface area contributed by atoms with Gasteiger partial charge in [-0.2, -0.15) is 0 Å². The molecule has 0 amide bonds. The van der Waals surface area contributed by atoms with Gasteiger partial charge in [0.1, 0.15) is 5.01 Å². The summed E-state index contributed by atoms with van der Waals surface area (Å²) in [5.74, 6) is 0.528. The van der Waals surface area contributed by atoms with Gasteiger partial charge in [0.25, 0.3) is 0 Å². The molecule has 1 aliphatic rings. The molecule has 8 heteroatoms. The largest absolute Gasteiger partial charge is 0.476 e. The number of thiazole rings is 1. The molecule has 31 heavy (non-hydrogen) atoms. The lowest BCUT2D eigenvalue weighted by atomic mass is 10.1. The first kappa shape index (κ1) is 19.6. The van der Waals surface area contributed by atoms with Crippen LogP contribution in [0.1, 0.15) is 26.6 Å². The summed E-state index contributed by atoms with van der Waals surface area (Å²) in [7, 11) is 0. The third kappa shape index (κ3) is 4.26. The van der Waals surface area contributed by atoms with Gasteiger partial charge in [0.2, 0.25) is 6.79 Å². The predicted molar refractivity (Wildman–Crippen MR) is 118 cm³/mol. The molecule has 5 rings (SSSR count). The molecule has 0 saturated heterocycles. The van der Waals surface area contributed by atoms with Gasteiger partial charge in [0.05, 0.1) is 6.54 Å². The zero-order valence-corrected chi connectivity index (χ0v) is 17.5. The van der Waals surface area contributed by atoms with E-state index < -0.39 is 5.97 Å². The fourth-order valence-electron chi connectivity index (χ4n) is 3.80. The number of nitrogens with one attached hydrogen (secondary N) is 1. The standard InChI is InChI=1S/C23H21N3O4S/c27-23(28)19-13-31-22(25-19)12-26(11-15-5-6-20-21(9-15)30-14-29-20)8-7-16-10-24-18-4-2-1-3-17(16)18/h1-6,9-10,13,24H,7-8,11-12,14H2,(H,27,28). The number of carboxylic acids is 1. The van der Waals surface area contributed by atoms with Gasteiger partial charge >= 0.3 is 5.97 Å². The minimum absolute atomic E-state index is 0.0969. The van der Waals surface area contributed by atoms with Crippen LogP contribution in [0.4, 0.5) is 0 Å². The van der Waals surface area contributed by atoms with Crippen molar-refractivity contribution in [3.8, 4) is 11.5 Å². The summed E-state index contributed by atoms with van der Waals surface area (Å²) in [4.78, 5) is 21.1. The zero-order chi connectivity index (χ0) is 21.2.